The van der Waals surface area contributed by atoms with Gasteiger partial charge in [-0.3, -0.25) is 4.90 Å². The van der Waals surface area contributed by atoms with Gasteiger partial charge in [0.25, 0.3) is 0 Å². The van der Waals surface area contributed by atoms with Gasteiger partial charge in [-0.25, -0.2) is 0 Å². The second-order valence-corrected chi connectivity index (χ2v) is 8.05. The lowest BCUT2D eigenvalue weighted by Crippen LogP contribution is -2.54. The predicted octanol–water partition coefficient (Wildman–Crippen LogP) is 3.42. The minimum atomic E-state index is -0.0894. The normalized spacial score (nSPS) is 29.4. The summed E-state index contributed by atoms with van der Waals surface area (Å²) in [5, 5.41) is 0.664. The number of nitrogens with zero attached hydrogens (tertiary/aromatic N) is 1. The summed E-state index contributed by atoms with van der Waals surface area (Å²) in [6, 6.07) is 8.77. The molecule has 0 N–H and O–H groups in total. The molecule has 1 aromatic carbocycles. The number of hydrogen-bond acceptors (Lipinski definition) is 3. The lowest BCUT2D eigenvalue weighted by atomic mass is 10.0. The fourth-order valence-corrected chi connectivity index (χ4v) is 4.81. The molecule has 20 heavy (non-hydrogen) atoms. The third kappa shape index (κ3) is 3.33. The Morgan fingerprint density at radius 1 is 1.40 bits per heavy atom. The highest BCUT2D eigenvalue weighted by Gasteiger charge is 2.34. The van der Waals surface area contributed by atoms with Gasteiger partial charge >= 0.3 is 0 Å². The SMILES string of the molecule is CC1(C)CN(CC2Cc3ccccc3S2)CC(CCl)O1. The number of thioether (sulfide) groups is 1. The van der Waals surface area contributed by atoms with Crippen LogP contribution >= 0.6 is 23.4 Å². The summed E-state index contributed by atoms with van der Waals surface area (Å²) in [4.78, 5) is 3.99. The van der Waals surface area contributed by atoms with Crippen molar-refractivity contribution < 1.29 is 4.74 Å². The maximum Gasteiger partial charge on any atom is 0.0844 e. The second-order valence-electron chi connectivity index (χ2n) is 6.40. The molecule has 0 aliphatic carbocycles. The molecule has 1 fully saturated rings. The molecule has 2 aliphatic rings. The molecule has 2 heterocycles. The number of benzene rings is 1. The first-order valence-electron chi connectivity index (χ1n) is 7.26. The van der Waals surface area contributed by atoms with Crippen LogP contribution in [-0.4, -0.2) is 47.4 Å². The lowest BCUT2D eigenvalue weighted by molar-refractivity contribution is -0.127. The minimum absolute atomic E-state index is 0.0894. The summed E-state index contributed by atoms with van der Waals surface area (Å²) in [5.74, 6) is 0.581. The van der Waals surface area contributed by atoms with E-state index in [4.69, 9.17) is 16.3 Å². The zero-order valence-corrected chi connectivity index (χ0v) is 13.7. The van der Waals surface area contributed by atoms with Gasteiger partial charge in [0.1, 0.15) is 0 Å². The zero-order valence-electron chi connectivity index (χ0n) is 12.1. The highest BCUT2D eigenvalue weighted by molar-refractivity contribution is 8.00. The molecule has 0 amide bonds. The van der Waals surface area contributed by atoms with E-state index >= 15 is 0 Å². The molecule has 2 unspecified atom stereocenters. The molecule has 3 rings (SSSR count). The molecule has 0 saturated carbocycles. The van der Waals surface area contributed by atoms with Crippen LogP contribution in [0, 0.1) is 0 Å². The van der Waals surface area contributed by atoms with Crippen molar-refractivity contribution in [3.05, 3.63) is 29.8 Å². The van der Waals surface area contributed by atoms with Crippen LogP contribution in [0.5, 0.6) is 0 Å². The van der Waals surface area contributed by atoms with Crippen LogP contribution < -0.4 is 0 Å². The minimum Gasteiger partial charge on any atom is -0.368 e. The molecule has 1 aromatic rings. The Morgan fingerprint density at radius 2 is 2.20 bits per heavy atom. The lowest BCUT2D eigenvalue weighted by Gasteiger charge is -2.43. The van der Waals surface area contributed by atoms with E-state index in [1.54, 1.807) is 0 Å². The maximum atomic E-state index is 6.01. The van der Waals surface area contributed by atoms with Crippen molar-refractivity contribution in [1.82, 2.24) is 4.90 Å². The Hall–Kier alpha value is -0.220. The number of morpholine rings is 1. The molecular formula is C16H22ClNOS. The number of alkyl halides is 1. The number of hydrogen-bond donors (Lipinski definition) is 0. The quantitative estimate of drug-likeness (QED) is 0.794. The first-order chi connectivity index (χ1) is 9.55. The van der Waals surface area contributed by atoms with Crippen molar-refractivity contribution in [3.8, 4) is 0 Å². The van der Waals surface area contributed by atoms with E-state index in [1.165, 1.54) is 16.9 Å². The Balaban J connectivity index is 1.61. The monoisotopic (exact) mass is 311 g/mol. The van der Waals surface area contributed by atoms with Crippen molar-refractivity contribution in [2.75, 3.05) is 25.5 Å². The second kappa shape index (κ2) is 5.88. The van der Waals surface area contributed by atoms with E-state index in [2.05, 4.69) is 43.0 Å². The van der Waals surface area contributed by atoms with Gasteiger partial charge in [0.2, 0.25) is 0 Å². The fraction of sp³-hybridized carbons (Fsp3) is 0.625. The summed E-state index contributed by atoms with van der Waals surface area (Å²) < 4.78 is 6.00. The molecule has 1 saturated heterocycles. The van der Waals surface area contributed by atoms with Crippen LogP contribution in [-0.2, 0) is 11.2 Å². The zero-order chi connectivity index (χ0) is 14.2. The number of fused-ring (bicyclic) bond motifs is 1. The third-order valence-corrected chi connectivity index (χ3v) is 5.55. The van der Waals surface area contributed by atoms with Crippen molar-refractivity contribution in [3.63, 3.8) is 0 Å². The highest BCUT2D eigenvalue weighted by Crippen LogP contribution is 2.37. The van der Waals surface area contributed by atoms with Crippen molar-refractivity contribution in [2.45, 2.75) is 42.1 Å². The average molecular weight is 312 g/mol. The first-order valence-corrected chi connectivity index (χ1v) is 8.68. The van der Waals surface area contributed by atoms with Gasteiger partial charge < -0.3 is 4.74 Å². The van der Waals surface area contributed by atoms with Gasteiger partial charge in [-0.1, -0.05) is 18.2 Å². The van der Waals surface area contributed by atoms with Crippen LogP contribution in [0.25, 0.3) is 0 Å². The smallest absolute Gasteiger partial charge is 0.0844 e. The van der Waals surface area contributed by atoms with Gasteiger partial charge in [-0.05, 0) is 31.9 Å². The number of halogens is 1. The summed E-state index contributed by atoms with van der Waals surface area (Å²) in [6.07, 6.45) is 1.35. The predicted molar refractivity (Wildman–Crippen MR) is 85.9 cm³/mol. The maximum absolute atomic E-state index is 6.01. The Labute approximate surface area is 130 Å². The number of rotatable bonds is 3. The molecule has 0 spiro atoms. The van der Waals surface area contributed by atoms with Crippen LogP contribution in [0.4, 0.5) is 0 Å². The van der Waals surface area contributed by atoms with E-state index in [-0.39, 0.29) is 11.7 Å². The molecule has 2 atom stereocenters. The standard InChI is InChI=1S/C16H22ClNOS/c1-16(2)11-18(9-13(8-17)19-16)10-14-7-12-5-3-4-6-15(12)20-14/h3-6,13-14H,7-11H2,1-2H3. The Kier molecular flexibility index (Phi) is 4.32. The van der Waals surface area contributed by atoms with Crippen molar-refractivity contribution in [2.24, 2.45) is 0 Å². The summed E-state index contributed by atoms with van der Waals surface area (Å²) in [6.45, 7) is 7.40. The third-order valence-electron chi connectivity index (χ3n) is 3.90. The first kappa shape index (κ1) is 14.7. The Bertz CT molecular complexity index is 454. The molecule has 0 aromatic heterocycles. The average Bonchev–Trinajstić information content (AvgIpc) is 2.78. The van der Waals surface area contributed by atoms with E-state index in [0.29, 0.717) is 11.1 Å². The molecule has 2 aliphatic heterocycles. The topological polar surface area (TPSA) is 12.5 Å². The van der Waals surface area contributed by atoms with Gasteiger partial charge in [-0.15, -0.1) is 23.4 Å². The van der Waals surface area contributed by atoms with Crippen LogP contribution in [0.1, 0.15) is 19.4 Å². The van der Waals surface area contributed by atoms with Crippen LogP contribution in [0.15, 0.2) is 29.2 Å². The molecule has 0 radical (unpaired) electrons. The Morgan fingerprint density at radius 3 is 2.95 bits per heavy atom. The summed E-state index contributed by atoms with van der Waals surface area (Å²) in [5.41, 5.74) is 1.41. The van der Waals surface area contributed by atoms with Crippen LogP contribution in [0.3, 0.4) is 0 Å². The van der Waals surface area contributed by atoms with E-state index in [1.807, 2.05) is 11.8 Å². The molecular weight excluding hydrogens is 290 g/mol. The largest absolute Gasteiger partial charge is 0.368 e. The van der Waals surface area contributed by atoms with E-state index in [0.717, 1.165) is 19.6 Å². The van der Waals surface area contributed by atoms with E-state index in [9.17, 15) is 0 Å². The van der Waals surface area contributed by atoms with Crippen LogP contribution in [0.2, 0.25) is 0 Å². The summed E-state index contributed by atoms with van der Waals surface area (Å²) >= 11 is 8.03. The molecule has 110 valence electrons. The highest BCUT2D eigenvalue weighted by atomic mass is 35.5. The van der Waals surface area contributed by atoms with Gasteiger partial charge in [-0.2, -0.15) is 0 Å². The molecule has 4 heteroatoms. The molecule has 2 nitrogen and oxygen atoms in total. The van der Waals surface area contributed by atoms with Crippen molar-refractivity contribution >= 4 is 23.4 Å². The van der Waals surface area contributed by atoms with Crippen molar-refractivity contribution in [1.29, 1.82) is 0 Å². The summed E-state index contributed by atoms with van der Waals surface area (Å²) in [7, 11) is 0. The number of ether oxygens (including phenoxy) is 1. The van der Waals surface area contributed by atoms with Gasteiger partial charge in [0.15, 0.2) is 0 Å². The fourth-order valence-electron chi connectivity index (χ4n) is 3.28. The van der Waals surface area contributed by atoms with Gasteiger partial charge in [0, 0.05) is 35.7 Å². The van der Waals surface area contributed by atoms with Gasteiger partial charge in [0.05, 0.1) is 11.7 Å². The van der Waals surface area contributed by atoms with E-state index < -0.39 is 0 Å². The molecule has 0 bridgehead atoms.